The molecule has 4 aromatic rings. The number of benzene rings is 1. The monoisotopic (exact) mass is 400 g/mol. The Morgan fingerprint density at radius 1 is 1.26 bits per heavy atom. The highest BCUT2D eigenvalue weighted by atomic mass is 32.2. The van der Waals surface area contributed by atoms with E-state index in [1.54, 1.807) is 4.52 Å². The summed E-state index contributed by atoms with van der Waals surface area (Å²) in [5.74, 6) is -0.00107. The summed E-state index contributed by atoms with van der Waals surface area (Å²) in [7, 11) is 0. The molecule has 0 aliphatic rings. The van der Waals surface area contributed by atoms with Crippen molar-refractivity contribution < 1.29 is 4.79 Å². The Bertz CT molecular complexity index is 1090. The number of rotatable bonds is 7. The minimum Gasteiger partial charge on any atom is -0.300 e. The molecule has 138 valence electrons. The van der Waals surface area contributed by atoms with Crippen LogP contribution in [-0.2, 0) is 11.2 Å². The van der Waals surface area contributed by atoms with Crippen LogP contribution >= 0.6 is 23.1 Å². The Labute approximate surface area is 162 Å². The molecule has 0 fully saturated rings. The lowest BCUT2D eigenvalue weighted by atomic mass is 10.2. The van der Waals surface area contributed by atoms with Crippen molar-refractivity contribution in [2.24, 2.45) is 0 Å². The van der Waals surface area contributed by atoms with Crippen molar-refractivity contribution in [3.8, 4) is 0 Å². The molecule has 0 atom stereocenters. The van der Waals surface area contributed by atoms with Crippen molar-refractivity contribution in [2.75, 3.05) is 11.1 Å². The van der Waals surface area contributed by atoms with E-state index in [1.165, 1.54) is 23.1 Å². The number of anilines is 1. The number of hydrogen-bond donors (Lipinski definition) is 1. The van der Waals surface area contributed by atoms with Crippen molar-refractivity contribution in [1.82, 2.24) is 35.2 Å². The van der Waals surface area contributed by atoms with Gasteiger partial charge in [0.05, 0.1) is 11.3 Å². The highest BCUT2D eigenvalue weighted by Gasteiger charge is 2.14. The first kappa shape index (κ1) is 17.7. The van der Waals surface area contributed by atoms with Crippen LogP contribution in [0.4, 0.5) is 5.13 Å². The van der Waals surface area contributed by atoms with Crippen LogP contribution in [0.1, 0.15) is 24.8 Å². The maximum Gasteiger partial charge on any atom is 0.236 e. The maximum absolute atomic E-state index is 12.3. The number of para-hydroxylation sites is 1. The number of carbonyl (C=O) groups excluding carboxylic acids is 1. The summed E-state index contributed by atoms with van der Waals surface area (Å²) in [6.07, 6.45) is 3.05. The largest absolute Gasteiger partial charge is 0.300 e. The number of nitrogens with one attached hydrogen (secondary N) is 1. The van der Waals surface area contributed by atoms with E-state index in [0.29, 0.717) is 15.9 Å². The summed E-state index contributed by atoms with van der Waals surface area (Å²) >= 11 is 2.68. The molecule has 0 saturated heterocycles. The summed E-state index contributed by atoms with van der Waals surface area (Å²) in [5.41, 5.74) is 1.40. The molecular weight excluding hydrogens is 384 g/mol. The average Bonchev–Trinajstić information content (AvgIpc) is 3.34. The predicted molar refractivity (Wildman–Crippen MR) is 104 cm³/mol. The molecule has 0 radical (unpaired) electrons. The number of hydrogen-bond acceptors (Lipinski definition) is 9. The molecule has 0 bridgehead atoms. The Hall–Kier alpha value is -2.66. The van der Waals surface area contributed by atoms with Gasteiger partial charge in [0.25, 0.3) is 0 Å². The average molecular weight is 400 g/mol. The van der Waals surface area contributed by atoms with E-state index in [1.807, 2.05) is 24.3 Å². The number of thioether (sulfide) groups is 1. The van der Waals surface area contributed by atoms with Crippen molar-refractivity contribution >= 4 is 50.7 Å². The molecule has 1 N–H and O–H groups in total. The van der Waals surface area contributed by atoms with Crippen molar-refractivity contribution in [2.45, 2.75) is 31.3 Å². The van der Waals surface area contributed by atoms with Gasteiger partial charge < -0.3 is 0 Å². The van der Waals surface area contributed by atoms with Crippen LogP contribution in [-0.4, -0.2) is 46.9 Å². The van der Waals surface area contributed by atoms with Gasteiger partial charge in [0.1, 0.15) is 5.01 Å². The fourth-order valence-corrected chi connectivity index (χ4v) is 4.04. The second-order valence-electron chi connectivity index (χ2n) is 5.77. The quantitative estimate of drug-likeness (QED) is 0.372. The molecule has 0 unspecified atom stereocenters. The third kappa shape index (κ3) is 3.88. The van der Waals surface area contributed by atoms with Crippen LogP contribution in [0, 0.1) is 0 Å². The first-order chi connectivity index (χ1) is 13.2. The standard InChI is InChI=1S/C16H16N8OS2/c1-2-3-8-13-19-21-15(27-13)18-12(25)9-26-16-17-11-7-5-4-6-10(11)14-20-22-23-24(14)16/h4-7H,2-3,8-9H2,1H3,(H,18,21,25). The molecule has 3 aromatic heterocycles. The molecule has 0 aliphatic heterocycles. The van der Waals surface area contributed by atoms with E-state index in [-0.39, 0.29) is 11.7 Å². The third-order valence-electron chi connectivity index (χ3n) is 3.80. The topological polar surface area (TPSA) is 111 Å². The van der Waals surface area contributed by atoms with Gasteiger partial charge in [-0.05, 0) is 29.0 Å². The normalized spacial score (nSPS) is 11.3. The number of unbranched alkanes of at least 4 members (excludes halogenated alkanes) is 1. The minimum atomic E-state index is -0.172. The molecule has 0 spiro atoms. The lowest BCUT2D eigenvalue weighted by Crippen LogP contribution is -2.14. The zero-order chi connectivity index (χ0) is 18.6. The first-order valence-corrected chi connectivity index (χ1v) is 10.3. The molecular formula is C16H16N8OS2. The van der Waals surface area contributed by atoms with Crippen molar-refractivity contribution in [1.29, 1.82) is 0 Å². The smallest absolute Gasteiger partial charge is 0.236 e. The van der Waals surface area contributed by atoms with Crippen LogP contribution in [0.3, 0.4) is 0 Å². The van der Waals surface area contributed by atoms with E-state index in [0.717, 1.165) is 35.2 Å². The second kappa shape index (κ2) is 7.92. The van der Waals surface area contributed by atoms with Gasteiger partial charge in [0, 0.05) is 11.8 Å². The van der Waals surface area contributed by atoms with Crippen LogP contribution in [0.5, 0.6) is 0 Å². The van der Waals surface area contributed by atoms with Gasteiger partial charge in [0.15, 0.2) is 10.8 Å². The number of aromatic nitrogens is 7. The summed E-state index contributed by atoms with van der Waals surface area (Å²) in [4.78, 5) is 16.8. The summed E-state index contributed by atoms with van der Waals surface area (Å²) in [6.45, 7) is 2.13. The van der Waals surface area contributed by atoms with Crippen LogP contribution < -0.4 is 5.32 Å². The third-order valence-corrected chi connectivity index (χ3v) is 5.63. The van der Waals surface area contributed by atoms with Crippen molar-refractivity contribution in [3.05, 3.63) is 29.3 Å². The number of carbonyl (C=O) groups is 1. The molecule has 27 heavy (non-hydrogen) atoms. The van der Waals surface area contributed by atoms with Gasteiger partial charge in [-0.1, -0.05) is 48.6 Å². The lowest BCUT2D eigenvalue weighted by Gasteiger charge is -2.05. The molecule has 1 amide bonds. The van der Waals surface area contributed by atoms with E-state index in [9.17, 15) is 4.79 Å². The Kier molecular flexibility index (Phi) is 5.21. The van der Waals surface area contributed by atoms with Crippen LogP contribution in [0.2, 0.25) is 0 Å². The van der Waals surface area contributed by atoms with Gasteiger partial charge in [0.2, 0.25) is 11.0 Å². The number of tetrazole rings is 1. The molecule has 0 saturated carbocycles. The number of nitrogens with zero attached hydrogens (tertiary/aromatic N) is 7. The van der Waals surface area contributed by atoms with Crippen LogP contribution in [0.15, 0.2) is 29.4 Å². The van der Waals surface area contributed by atoms with Gasteiger partial charge in [-0.15, -0.1) is 15.3 Å². The summed E-state index contributed by atoms with van der Waals surface area (Å²) in [5, 5.41) is 25.6. The molecule has 1 aromatic carbocycles. The maximum atomic E-state index is 12.3. The van der Waals surface area contributed by atoms with E-state index in [2.05, 4.69) is 42.9 Å². The fraction of sp³-hybridized carbons (Fsp3) is 0.312. The zero-order valence-corrected chi connectivity index (χ0v) is 16.1. The summed E-state index contributed by atoms with van der Waals surface area (Å²) in [6, 6.07) is 7.63. The predicted octanol–water partition coefficient (Wildman–Crippen LogP) is 2.60. The zero-order valence-electron chi connectivity index (χ0n) is 14.5. The number of fused-ring (bicyclic) bond motifs is 3. The highest BCUT2D eigenvalue weighted by molar-refractivity contribution is 7.99. The van der Waals surface area contributed by atoms with Crippen molar-refractivity contribution in [3.63, 3.8) is 0 Å². The minimum absolute atomic E-state index is 0.171. The summed E-state index contributed by atoms with van der Waals surface area (Å²) < 4.78 is 1.55. The Morgan fingerprint density at radius 2 is 2.15 bits per heavy atom. The molecule has 0 aliphatic carbocycles. The molecule has 11 heteroatoms. The number of aryl methyl sites for hydroxylation is 1. The molecule has 3 heterocycles. The van der Waals surface area contributed by atoms with Gasteiger partial charge in [-0.3, -0.25) is 10.1 Å². The number of amides is 1. The first-order valence-electron chi connectivity index (χ1n) is 8.46. The van der Waals surface area contributed by atoms with Gasteiger partial charge >= 0.3 is 0 Å². The lowest BCUT2D eigenvalue weighted by molar-refractivity contribution is -0.113. The van der Waals surface area contributed by atoms with E-state index in [4.69, 9.17) is 0 Å². The van der Waals surface area contributed by atoms with E-state index < -0.39 is 0 Å². The molecule has 9 nitrogen and oxygen atoms in total. The highest BCUT2D eigenvalue weighted by Crippen LogP contribution is 2.23. The SMILES string of the molecule is CCCCc1nnc(NC(=O)CSc2nc3ccccc3c3nnnn23)s1. The van der Waals surface area contributed by atoms with Crippen LogP contribution in [0.25, 0.3) is 16.6 Å². The fourth-order valence-electron chi connectivity index (χ4n) is 2.51. The van der Waals surface area contributed by atoms with Gasteiger partial charge in [-0.25, -0.2) is 4.98 Å². The second-order valence-corrected chi connectivity index (χ2v) is 7.77. The Morgan fingerprint density at radius 3 is 3.04 bits per heavy atom. The van der Waals surface area contributed by atoms with E-state index >= 15 is 0 Å². The molecule has 4 rings (SSSR count). The Balaban J connectivity index is 1.45. The van der Waals surface area contributed by atoms with Gasteiger partial charge in [-0.2, -0.15) is 4.52 Å².